The molecule has 0 fully saturated rings. The Morgan fingerprint density at radius 3 is 2.77 bits per heavy atom. The van der Waals surface area contributed by atoms with Crippen molar-refractivity contribution in [1.29, 1.82) is 0 Å². The van der Waals surface area contributed by atoms with Crippen molar-refractivity contribution >= 4 is 22.4 Å². The molecular weight excluding hydrogens is 296 g/mol. The number of carbonyl (C=O) groups excluding carboxylic acids is 1. The standard InChI is InChI=1S/C17H20N2O2S/c1-2-21-13-9-7-12(8-10-13)11-16(20)19-17-18-14-5-3-4-6-15(14)22-17/h7-10H,2-6,11H2,1H3,(H,18,19,20). The lowest BCUT2D eigenvalue weighted by molar-refractivity contribution is -0.115. The van der Waals surface area contributed by atoms with Gasteiger partial charge in [0.05, 0.1) is 18.7 Å². The molecule has 1 aliphatic rings. The summed E-state index contributed by atoms with van der Waals surface area (Å²) in [4.78, 5) is 18.0. The normalized spacial score (nSPS) is 13.5. The summed E-state index contributed by atoms with van der Waals surface area (Å²) in [6.45, 7) is 2.60. The lowest BCUT2D eigenvalue weighted by Crippen LogP contribution is -2.14. The van der Waals surface area contributed by atoms with Gasteiger partial charge in [0.15, 0.2) is 5.13 Å². The quantitative estimate of drug-likeness (QED) is 0.917. The molecule has 0 bridgehead atoms. The van der Waals surface area contributed by atoms with E-state index in [1.165, 1.54) is 23.4 Å². The zero-order chi connectivity index (χ0) is 15.4. The number of carbonyl (C=O) groups is 1. The molecule has 0 saturated heterocycles. The number of aromatic nitrogens is 1. The van der Waals surface area contributed by atoms with E-state index in [-0.39, 0.29) is 5.91 Å². The molecule has 5 heteroatoms. The Hall–Kier alpha value is -1.88. The van der Waals surface area contributed by atoms with E-state index in [4.69, 9.17) is 4.74 Å². The summed E-state index contributed by atoms with van der Waals surface area (Å²) in [5.41, 5.74) is 2.15. The van der Waals surface area contributed by atoms with Gasteiger partial charge in [-0.2, -0.15) is 0 Å². The second-order valence-corrected chi connectivity index (χ2v) is 6.48. The van der Waals surface area contributed by atoms with Crippen molar-refractivity contribution < 1.29 is 9.53 Å². The Balaban J connectivity index is 1.58. The molecule has 22 heavy (non-hydrogen) atoms. The van der Waals surface area contributed by atoms with Crippen LogP contribution < -0.4 is 10.1 Å². The average molecular weight is 316 g/mol. The molecule has 2 aromatic rings. The number of hydrogen-bond donors (Lipinski definition) is 1. The third-order valence-electron chi connectivity index (χ3n) is 3.69. The zero-order valence-electron chi connectivity index (χ0n) is 12.7. The van der Waals surface area contributed by atoms with Crippen LogP contribution in [0.2, 0.25) is 0 Å². The van der Waals surface area contributed by atoms with Crippen LogP contribution in [0.15, 0.2) is 24.3 Å². The highest BCUT2D eigenvalue weighted by Gasteiger charge is 2.16. The van der Waals surface area contributed by atoms with Crippen molar-refractivity contribution in [2.45, 2.75) is 39.0 Å². The molecule has 4 nitrogen and oxygen atoms in total. The summed E-state index contributed by atoms with van der Waals surface area (Å²) in [6.07, 6.45) is 4.93. The first-order valence-corrected chi connectivity index (χ1v) is 8.56. The number of hydrogen-bond acceptors (Lipinski definition) is 4. The first-order valence-electron chi connectivity index (χ1n) is 7.75. The van der Waals surface area contributed by atoms with E-state index in [2.05, 4.69) is 10.3 Å². The molecule has 0 saturated carbocycles. The molecule has 1 aromatic heterocycles. The number of ether oxygens (including phenoxy) is 1. The van der Waals surface area contributed by atoms with E-state index in [1.807, 2.05) is 31.2 Å². The summed E-state index contributed by atoms with van der Waals surface area (Å²) < 4.78 is 5.40. The van der Waals surface area contributed by atoms with E-state index in [1.54, 1.807) is 11.3 Å². The van der Waals surface area contributed by atoms with Crippen molar-refractivity contribution in [3.05, 3.63) is 40.4 Å². The van der Waals surface area contributed by atoms with Crippen molar-refractivity contribution in [3.8, 4) is 5.75 Å². The van der Waals surface area contributed by atoms with Gasteiger partial charge < -0.3 is 10.1 Å². The predicted molar refractivity (Wildman–Crippen MR) is 88.7 cm³/mol. The molecule has 0 unspecified atom stereocenters. The van der Waals surface area contributed by atoms with Crippen LogP contribution >= 0.6 is 11.3 Å². The van der Waals surface area contributed by atoms with Crippen LogP contribution in [0.1, 0.15) is 35.9 Å². The third-order valence-corrected chi connectivity index (χ3v) is 4.76. The molecule has 0 radical (unpaired) electrons. The van der Waals surface area contributed by atoms with Crippen LogP contribution in [0, 0.1) is 0 Å². The van der Waals surface area contributed by atoms with Crippen molar-refractivity contribution in [2.75, 3.05) is 11.9 Å². The number of nitrogens with zero attached hydrogens (tertiary/aromatic N) is 1. The van der Waals surface area contributed by atoms with Gasteiger partial charge in [-0.25, -0.2) is 4.98 Å². The minimum atomic E-state index is -0.0183. The smallest absolute Gasteiger partial charge is 0.230 e. The summed E-state index contributed by atoms with van der Waals surface area (Å²) in [7, 11) is 0. The molecule has 1 aliphatic carbocycles. The summed E-state index contributed by atoms with van der Waals surface area (Å²) in [5, 5.41) is 3.66. The van der Waals surface area contributed by atoms with Crippen LogP contribution in [0.5, 0.6) is 5.75 Å². The molecule has 116 valence electrons. The number of aryl methyl sites for hydroxylation is 2. The lowest BCUT2D eigenvalue weighted by Gasteiger charge is -2.06. The van der Waals surface area contributed by atoms with Gasteiger partial charge in [0.2, 0.25) is 5.91 Å². The third kappa shape index (κ3) is 3.65. The van der Waals surface area contributed by atoms with Crippen molar-refractivity contribution in [2.24, 2.45) is 0 Å². The monoisotopic (exact) mass is 316 g/mol. The Bertz CT molecular complexity index is 626. The minimum absolute atomic E-state index is 0.0183. The average Bonchev–Trinajstić information content (AvgIpc) is 2.91. The van der Waals surface area contributed by atoms with E-state index in [0.29, 0.717) is 13.0 Å². The summed E-state index contributed by atoms with van der Waals surface area (Å²) in [6, 6.07) is 7.65. The Morgan fingerprint density at radius 1 is 1.27 bits per heavy atom. The maximum absolute atomic E-state index is 12.1. The van der Waals surface area contributed by atoms with E-state index < -0.39 is 0 Å². The molecule has 0 spiro atoms. The maximum atomic E-state index is 12.1. The van der Waals surface area contributed by atoms with Crippen LogP contribution in [0.4, 0.5) is 5.13 Å². The number of anilines is 1. The fourth-order valence-electron chi connectivity index (χ4n) is 2.62. The molecule has 3 rings (SSSR count). The van der Waals surface area contributed by atoms with Crippen LogP contribution in [0.3, 0.4) is 0 Å². The van der Waals surface area contributed by atoms with Gasteiger partial charge in [-0.3, -0.25) is 4.79 Å². The van der Waals surface area contributed by atoms with Crippen LogP contribution in [0.25, 0.3) is 0 Å². The van der Waals surface area contributed by atoms with Gasteiger partial charge in [-0.15, -0.1) is 11.3 Å². The maximum Gasteiger partial charge on any atom is 0.230 e. The molecule has 1 heterocycles. The minimum Gasteiger partial charge on any atom is -0.494 e. The van der Waals surface area contributed by atoms with Crippen molar-refractivity contribution in [1.82, 2.24) is 4.98 Å². The van der Waals surface area contributed by atoms with E-state index >= 15 is 0 Å². The molecule has 0 aliphatic heterocycles. The van der Waals surface area contributed by atoms with Gasteiger partial charge in [0.25, 0.3) is 0 Å². The number of rotatable bonds is 5. The Labute approximate surface area is 134 Å². The van der Waals surface area contributed by atoms with Gasteiger partial charge >= 0.3 is 0 Å². The highest BCUT2D eigenvalue weighted by Crippen LogP contribution is 2.29. The first kappa shape index (κ1) is 15.0. The largest absolute Gasteiger partial charge is 0.494 e. The predicted octanol–water partition coefficient (Wildman–Crippen LogP) is 3.60. The molecular formula is C17H20N2O2S. The second kappa shape index (κ2) is 6.92. The summed E-state index contributed by atoms with van der Waals surface area (Å²) >= 11 is 1.62. The fourth-order valence-corrected chi connectivity index (χ4v) is 3.69. The highest BCUT2D eigenvalue weighted by molar-refractivity contribution is 7.15. The molecule has 1 amide bonds. The lowest BCUT2D eigenvalue weighted by atomic mass is 10.0. The number of fused-ring (bicyclic) bond motifs is 1. The van der Waals surface area contributed by atoms with E-state index in [9.17, 15) is 4.79 Å². The van der Waals surface area contributed by atoms with Gasteiger partial charge in [0.1, 0.15) is 5.75 Å². The highest BCUT2D eigenvalue weighted by atomic mass is 32.1. The van der Waals surface area contributed by atoms with Gasteiger partial charge in [0, 0.05) is 4.88 Å². The van der Waals surface area contributed by atoms with E-state index in [0.717, 1.165) is 29.3 Å². The zero-order valence-corrected chi connectivity index (χ0v) is 13.5. The molecule has 1 N–H and O–H groups in total. The number of nitrogens with one attached hydrogen (secondary N) is 1. The van der Waals surface area contributed by atoms with Crippen LogP contribution in [-0.4, -0.2) is 17.5 Å². The first-order chi connectivity index (χ1) is 10.7. The Morgan fingerprint density at radius 2 is 2.05 bits per heavy atom. The van der Waals surface area contributed by atoms with Crippen LogP contribution in [-0.2, 0) is 24.1 Å². The number of thiazole rings is 1. The number of amides is 1. The fraction of sp³-hybridized carbons (Fsp3) is 0.412. The second-order valence-electron chi connectivity index (χ2n) is 5.40. The van der Waals surface area contributed by atoms with Crippen molar-refractivity contribution in [3.63, 3.8) is 0 Å². The topological polar surface area (TPSA) is 51.2 Å². The molecule has 1 aromatic carbocycles. The Kier molecular flexibility index (Phi) is 4.73. The summed E-state index contributed by atoms with van der Waals surface area (Å²) in [5.74, 6) is 0.814. The van der Waals surface area contributed by atoms with Gasteiger partial charge in [-0.05, 0) is 50.3 Å². The number of benzene rings is 1. The SMILES string of the molecule is CCOc1ccc(CC(=O)Nc2nc3c(s2)CCCC3)cc1. The molecule has 0 atom stereocenters. The van der Waals surface area contributed by atoms with Gasteiger partial charge in [-0.1, -0.05) is 12.1 Å².